The molecule has 0 aliphatic carbocycles. The number of aliphatic hydroxyl groups is 1. The molecule has 0 fully saturated rings. The lowest BCUT2D eigenvalue weighted by Gasteiger charge is -2.11. The summed E-state index contributed by atoms with van der Waals surface area (Å²) in [5.41, 5.74) is 0.849. The van der Waals surface area contributed by atoms with Crippen molar-refractivity contribution in [1.29, 1.82) is 0 Å². The largest absolute Gasteiger partial charge is 0.392 e. The van der Waals surface area contributed by atoms with Gasteiger partial charge in [0.15, 0.2) is 0 Å². The second-order valence-corrected chi connectivity index (χ2v) is 4.07. The molecule has 1 amide bonds. The quantitative estimate of drug-likeness (QED) is 0.745. The molecule has 6 nitrogen and oxygen atoms in total. The number of nitrogens with one attached hydrogen (secondary N) is 1. The Labute approximate surface area is 99.3 Å². The third kappa shape index (κ3) is 2.91. The molecule has 1 aromatic rings. The first kappa shape index (κ1) is 13.4. The maximum absolute atomic E-state index is 11.8. The molecule has 0 saturated heterocycles. The number of hydrogen-bond donors (Lipinski definition) is 2. The number of nitrogens with zero attached hydrogens (tertiary/aromatic N) is 2. The molecule has 1 rings (SSSR count). The molecule has 0 saturated carbocycles. The van der Waals surface area contributed by atoms with Crippen LogP contribution < -0.4 is 10.9 Å². The maximum atomic E-state index is 11.8. The van der Waals surface area contributed by atoms with Crippen molar-refractivity contribution in [2.45, 2.75) is 26.9 Å². The summed E-state index contributed by atoms with van der Waals surface area (Å²) in [6, 6.07) is 0. The minimum absolute atomic E-state index is 0.0839. The highest BCUT2D eigenvalue weighted by molar-refractivity contribution is 5.95. The number of amides is 1. The summed E-state index contributed by atoms with van der Waals surface area (Å²) in [6.45, 7) is 5.09. The van der Waals surface area contributed by atoms with Crippen LogP contribution >= 0.6 is 0 Å². The normalized spacial score (nSPS) is 12.3. The van der Waals surface area contributed by atoms with Crippen molar-refractivity contribution in [1.82, 2.24) is 15.1 Å². The van der Waals surface area contributed by atoms with E-state index in [1.165, 1.54) is 7.05 Å². The monoisotopic (exact) mass is 239 g/mol. The van der Waals surface area contributed by atoms with Crippen LogP contribution in [-0.4, -0.2) is 33.4 Å². The van der Waals surface area contributed by atoms with Gasteiger partial charge in [-0.25, -0.2) is 4.68 Å². The van der Waals surface area contributed by atoms with Gasteiger partial charge in [-0.1, -0.05) is 0 Å². The molecule has 1 atom stereocenters. The van der Waals surface area contributed by atoms with Gasteiger partial charge < -0.3 is 10.4 Å². The van der Waals surface area contributed by atoms with Crippen LogP contribution in [0.2, 0.25) is 0 Å². The van der Waals surface area contributed by atoms with Crippen molar-refractivity contribution in [2.24, 2.45) is 7.05 Å². The molecular weight excluding hydrogens is 222 g/mol. The highest BCUT2D eigenvalue weighted by atomic mass is 16.3. The van der Waals surface area contributed by atoms with Gasteiger partial charge >= 0.3 is 0 Å². The topological polar surface area (TPSA) is 84.2 Å². The minimum Gasteiger partial charge on any atom is -0.392 e. The summed E-state index contributed by atoms with van der Waals surface area (Å²) >= 11 is 0. The molecule has 17 heavy (non-hydrogen) atoms. The van der Waals surface area contributed by atoms with Crippen molar-refractivity contribution in [3.63, 3.8) is 0 Å². The molecular formula is C11H17N3O3. The zero-order chi connectivity index (χ0) is 13.2. The second kappa shape index (κ2) is 5.09. The maximum Gasteiger partial charge on any atom is 0.279 e. The Kier molecular flexibility index (Phi) is 4.01. The van der Waals surface area contributed by atoms with Gasteiger partial charge in [-0.15, -0.1) is 0 Å². The average molecular weight is 239 g/mol. The standard InChI is InChI=1S/C11H17N3O3/c1-6(15)5-12-10(16)9-7(2)8(3)13-14(4)11(9)17/h6,15H,5H2,1-4H3,(H,12,16)/t6-/m0/s1. The third-order valence-electron chi connectivity index (χ3n) is 2.51. The summed E-state index contributed by atoms with van der Waals surface area (Å²) in [5, 5.41) is 15.6. The number of aryl methyl sites for hydroxylation is 2. The van der Waals surface area contributed by atoms with Gasteiger partial charge in [-0.05, 0) is 26.3 Å². The highest BCUT2D eigenvalue weighted by Crippen LogP contribution is 2.05. The highest BCUT2D eigenvalue weighted by Gasteiger charge is 2.17. The van der Waals surface area contributed by atoms with E-state index in [0.717, 1.165) is 4.68 Å². The molecule has 0 aliphatic heterocycles. The van der Waals surface area contributed by atoms with Crippen molar-refractivity contribution in [3.8, 4) is 0 Å². The van der Waals surface area contributed by atoms with Crippen molar-refractivity contribution in [2.75, 3.05) is 6.54 Å². The zero-order valence-corrected chi connectivity index (χ0v) is 10.4. The Morgan fingerprint density at radius 1 is 1.53 bits per heavy atom. The van der Waals surface area contributed by atoms with E-state index in [2.05, 4.69) is 10.4 Å². The third-order valence-corrected chi connectivity index (χ3v) is 2.51. The van der Waals surface area contributed by atoms with Crippen LogP contribution in [0.3, 0.4) is 0 Å². The fraction of sp³-hybridized carbons (Fsp3) is 0.545. The predicted octanol–water partition coefficient (Wildman–Crippen LogP) is -0.492. The van der Waals surface area contributed by atoms with Gasteiger partial charge in [0.25, 0.3) is 11.5 Å². The van der Waals surface area contributed by atoms with Crippen molar-refractivity contribution in [3.05, 3.63) is 27.2 Å². The van der Waals surface area contributed by atoms with E-state index < -0.39 is 17.6 Å². The van der Waals surface area contributed by atoms with E-state index in [1.807, 2.05) is 0 Å². The lowest BCUT2D eigenvalue weighted by Crippen LogP contribution is -2.37. The van der Waals surface area contributed by atoms with Gasteiger partial charge in [0.2, 0.25) is 0 Å². The van der Waals surface area contributed by atoms with Gasteiger partial charge in [0.05, 0.1) is 11.8 Å². The number of hydrogen-bond acceptors (Lipinski definition) is 4. The zero-order valence-electron chi connectivity index (χ0n) is 10.4. The minimum atomic E-state index is -0.647. The smallest absolute Gasteiger partial charge is 0.279 e. The van der Waals surface area contributed by atoms with Crippen molar-refractivity contribution >= 4 is 5.91 Å². The molecule has 2 N–H and O–H groups in total. The van der Waals surface area contributed by atoms with Crippen LogP contribution in [0.5, 0.6) is 0 Å². The lowest BCUT2D eigenvalue weighted by molar-refractivity contribution is 0.0920. The van der Waals surface area contributed by atoms with E-state index in [0.29, 0.717) is 11.3 Å². The van der Waals surface area contributed by atoms with Gasteiger partial charge in [0.1, 0.15) is 5.56 Å². The van der Waals surface area contributed by atoms with Crippen molar-refractivity contribution < 1.29 is 9.90 Å². The molecule has 0 aromatic carbocycles. The molecule has 1 heterocycles. The van der Waals surface area contributed by atoms with E-state index >= 15 is 0 Å². The van der Waals surface area contributed by atoms with Crippen LogP contribution in [0.25, 0.3) is 0 Å². The number of aromatic nitrogens is 2. The molecule has 0 bridgehead atoms. The Bertz CT molecular complexity index is 491. The fourth-order valence-electron chi connectivity index (χ4n) is 1.44. The van der Waals surface area contributed by atoms with Gasteiger partial charge in [0, 0.05) is 13.6 Å². The lowest BCUT2D eigenvalue weighted by atomic mass is 10.1. The first-order valence-corrected chi connectivity index (χ1v) is 5.35. The van der Waals surface area contributed by atoms with E-state index in [-0.39, 0.29) is 12.1 Å². The molecule has 0 spiro atoms. The number of rotatable bonds is 3. The summed E-state index contributed by atoms with van der Waals surface area (Å²) < 4.78 is 1.14. The molecule has 6 heteroatoms. The SMILES string of the molecule is Cc1nn(C)c(=O)c(C(=O)NC[C@H](C)O)c1C. The first-order valence-electron chi connectivity index (χ1n) is 5.35. The Morgan fingerprint density at radius 3 is 2.65 bits per heavy atom. The first-order chi connectivity index (χ1) is 7.84. The number of aliphatic hydroxyl groups excluding tert-OH is 1. The second-order valence-electron chi connectivity index (χ2n) is 4.07. The molecule has 0 unspecified atom stereocenters. The summed E-state index contributed by atoms with van der Waals surface area (Å²) in [4.78, 5) is 23.6. The fourth-order valence-corrected chi connectivity index (χ4v) is 1.44. The summed E-state index contributed by atoms with van der Waals surface area (Å²) in [6.07, 6.45) is -0.647. The predicted molar refractivity (Wildman–Crippen MR) is 63.0 cm³/mol. The molecule has 0 radical (unpaired) electrons. The van der Waals surface area contributed by atoms with E-state index in [4.69, 9.17) is 5.11 Å². The average Bonchev–Trinajstić information content (AvgIpc) is 2.24. The van der Waals surface area contributed by atoms with Crippen LogP contribution in [0, 0.1) is 13.8 Å². The van der Waals surface area contributed by atoms with E-state index in [9.17, 15) is 9.59 Å². The van der Waals surface area contributed by atoms with Crippen LogP contribution in [0.15, 0.2) is 4.79 Å². The Morgan fingerprint density at radius 2 is 2.12 bits per heavy atom. The van der Waals surface area contributed by atoms with E-state index in [1.54, 1.807) is 20.8 Å². The number of carbonyl (C=O) groups excluding carboxylic acids is 1. The molecule has 1 aromatic heterocycles. The molecule has 0 aliphatic rings. The van der Waals surface area contributed by atoms with Crippen LogP contribution in [-0.2, 0) is 7.05 Å². The van der Waals surface area contributed by atoms with Crippen LogP contribution in [0.1, 0.15) is 28.5 Å². The summed E-state index contributed by atoms with van der Waals surface area (Å²) in [7, 11) is 1.50. The van der Waals surface area contributed by atoms with Crippen LogP contribution in [0.4, 0.5) is 0 Å². The summed E-state index contributed by atoms with van der Waals surface area (Å²) in [5.74, 6) is -0.477. The Hall–Kier alpha value is -1.69. The van der Waals surface area contributed by atoms with Gasteiger partial charge in [-0.3, -0.25) is 9.59 Å². The molecule has 94 valence electrons. The number of carbonyl (C=O) groups is 1. The van der Waals surface area contributed by atoms with Gasteiger partial charge in [-0.2, -0.15) is 5.10 Å². The Balaban J connectivity index is 3.13.